The van der Waals surface area contributed by atoms with Crippen molar-refractivity contribution in [3.8, 4) is 27.9 Å². The average Bonchev–Trinajstić information content (AvgIpc) is 3.81. The van der Waals surface area contributed by atoms with Crippen LogP contribution >= 0.6 is 0 Å². The van der Waals surface area contributed by atoms with Crippen molar-refractivity contribution in [2.45, 2.75) is 0 Å². The van der Waals surface area contributed by atoms with Gasteiger partial charge in [-0.25, -0.2) is 0 Å². The van der Waals surface area contributed by atoms with Crippen molar-refractivity contribution in [1.82, 2.24) is 4.57 Å². The summed E-state index contributed by atoms with van der Waals surface area (Å²) in [6.45, 7) is 0. The average molecular weight is 703 g/mol. The number of hydrogen-bond acceptors (Lipinski definition) is 2. The molecule has 0 aliphatic heterocycles. The van der Waals surface area contributed by atoms with Gasteiger partial charge in [0, 0.05) is 33.2 Å². The second-order valence-corrected chi connectivity index (χ2v) is 14.1. The van der Waals surface area contributed by atoms with E-state index in [1.807, 2.05) is 12.1 Å². The number of benzene rings is 9. The lowest BCUT2D eigenvalue weighted by atomic mass is 9.96. The Hall–Kier alpha value is -7.36. The van der Waals surface area contributed by atoms with Crippen molar-refractivity contribution < 1.29 is 4.42 Å². The van der Waals surface area contributed by atoms with Crippen LogP contribution in [0.3, 0.4) is 0 Å². The van der Waals surface area contributed by atoms with Gasteiger partial charge in [0.25, 0.3) is 0 Å². The summed E-state index contributed by atoms with van der Waals surface area (Å²) in [4.78, 5) is 2.37. The molecule has 0 saturated carbocycles. The van der Waals surface area contributed by atoms with E-state index in [1.54, 1.807) is 0 Å². The summed E-state index contributed by atoms with van der Waals surface area (Å²) in [5.74, 6) is 0. The molecular formula is C52H34N2O. The second kappa shape index (κ2) is 12.6. The van der Waals surface area contributed by atoms with Crippen molar-refractivity contribution in [3.63, 3.8) is 0 Å². The van der Waals surface area contributed by atoms with Crippen LogP contribution in [0.1, 0.15) is 0 Å². The Bertz CT molecular complexity index is 3150. The summed E-state index contributed by atoms with van der Waals surface area (Å²) in [5.41, 5.74) is 13.2. The molecule has 0 spiro atoms. The summed E-state index contributed by atoms with van der Waals surface area (Å²) < 4.78 is 8.80. The molecule has 0 N–H and O–H groups in total. The topological polar surface area (TPSA) is 21.3 Å². The van der Waals surface area contributed by atoms with Crippen LogP contribution in [0.5, 0.6) is 0 Å². The quantitative estimate of drug-likeness (QED) is 0.172. The maximum Gasteiger partial charge on any atom is 0.137 e. The molecule has 0 aliphatic rings. The molecule has 0 bridgehead atoms. The number of aromatic nitrogens is 1. The van der Waals surface area contributed by atoms with E-state index in [1.165, 1.54) is 43.7 Å². The lowest BCUT2D eigenvalue weighted by Crippen LogP contribution is -2.10. The first-order chi connectivity index (χ1) is 27.3. The summed E-state index contributed by atoms with van der Waals surface area (Å²) in [7, 11) is 0. The first kappa shape index (κ1) is 31.2. The monoisotopic (exact) mass is 702 g/mol. The fourth-order valence-corrected chi connectivity index (χ4v) is 8.48. The zero-order valence-electron chi connectivity index (χ0n) is 29.9. The molecule has 9 aromatic carbocycles. The lowest BCUT2D eigenvalue weighted by molar-refractivity contribution is 0.669. The van der Waals surface area contributed by atoms with E-state index in [0.29, 0.717) is 0 Å². The summed E-state index contributed by atoms with van der Waals surface area (Å²) >= 11 is 0. The predicted octanol–water partition coefficient (Wildman–Crippen LogP) is 14.6. The molecule has 0 amide bonds. The zero-order valence-corrected chi connectivity index (χ0v) is 29.9. The SMILES string of the molecule is c1ccc(-c2cccc(N(c3ccc(-c4cc(-n5c6ccccc6c6ccccc65)cc5ccccc45)cc3)c3cccc4oc5ccccc5c34)c2)cc1. The molecule has 0 fully saturated rings. The molecule has 0 radical (unpaired) electrons. The molecule has 3 heteroatoms. The van der Waals surface area contributed by atoms with E-state index < -0.39 is 0 Å². The normalized spacial score (nSPS) is 11.6. The maximum absolute atomic E-state index is 6.39. The van der Waals surface area contributed by atoms with Gasteiger partial charge in [-0.15, -0.1) is 0 Å². The Morgan fingerprint density at radius 3 is 1.78 bits per heavy atom. The van der Waals surface area contributed by atoms with Gasteiger partial charge in [-0.3, -0.25) is 0 Å². The first-order valence-electron chi connectivity index (χ1n) is 18.8. The first-order valence-corrected chi connectivity index (χ1v) is 18.8. The fraction of sp³-hybridized carbons (Fsp3) is 0. The van der Waals surface area contributed by atoms with Crippen LogP contribution in [0.2, 0.25) is 0 Å². The van der Waals surface area contributed by atoms with Crippen molar-refractivity contribution in [2.75, 3.05) is 4.90 Å². The molecule has 55 heavy (non-hydrogen) atoms. The van der Waals surface area contributed by atoms with Gasteiger partial charge < -0.3 is 13.9 Å². The smallest absolute Gasteiger partial charge is 0.137 e. The summed E-state index contributed by atoms with van der Waals surface area (Å²) in [6.07, 6.45) is 0. The highest BCUT2D eigenvalue weighted by Crippen LogP contribution is 2.44. The minimum absolute atomic E-state index is 0.868. The number of fused-ring (bicyclic) bond motifs is 7. The number of hydrogen-bond donors (Lipinski definition) is 0. The molecule has 0 saturated heterocycles. The number of rotatable bonds is 6. The molecular weight excluding hydrogens is 669 g/mol. The molecule has 11 aromatic rings. The Labute approximate surface area is 318 Å². The standard InChI is InChI=1S/C52H34N2O/c1-2-14-35(15-3-1)37-17-12-18-40(32-37)53(49-25-13-27-51-52(49)45-22-8-11-26-50(45)55-51)39-30-28-36(29-31-39)46-34-41(33-38-16-4-5-19-42(38)46)54-47-23-9-6-20-43(47)44-21-7-10-24-48(44)54/h1-34H. The lowest BCUT2D eigenvalue weighted by Gasteiger charge is -2.27. The second-order valence-electron chi connectivity index (χ2n) is 14.1. The van der Waals surface area contributed by atoms with E-state index in [9.17, 15) is 0 Å². The highest BCUT2D eigenvalue weighted by atomic mass is 16.3. The molecule has 0 atom stereocenters. The molecule has 2 aromatic heterocycles. The number of nitrogens with zero attached hydrogens (tertiary/aromatic N) is 2. The third-order valence-corrected chi connectivity index (χ3v) is 11.0. The Kier molecular flexibility index (Phi) is 7.17. The minimum Gasteiger partial charge on any atom is -0.456 e. The summed E-state index contributed by atoms with van der Waals surface area (Å²) in [5, 5.41) is 7.14. The van der Waals surface area contributed by atoms with E-state index in [2.05, 4.69) is 204 Å². The Morgan fingerprint density at radius 1 is 0.382 bits per heavy atom. The highest BCUT2D eigenvalue weighted by Gasteiger charge is 2.21. The Balaban J connectivity index is 1.10. The van der Waals surface area contributed by atoms with Crippen LogP contribution < -0.4 is 4.90 Å². The predicted molar refractivity (Wildman–Crippen MR) is 231 cm³/mol. The zero-order chi connectivity index (χ0) is 36.3. The van der Waals surface area contributed by atoms with Gasteiger partial charge in [-0.2, -0.15) is 0 Å². The minimum atomic E-state index is 0.868. The molecule has 11 rings (SSSR count). The number of para-hydroxylation sites is 3. The molecule has 0 aliphatic carbocycles. The van der Waals surface area contributed by atoms with E-state index >= 15 is 0 Å². The fourth-order valence-electron chi connectivity index (χ4n) is 8.48. The van der Waals surface area contributed by atoms with Crippen LogP contribution in [0, 0.1) is 0 Å². The van der Waals surface area contributed by atoms with Crippen LogP contribution in [0.25, 0.3) is 82.5 Å². The Morgan fingerprint density at radius 2 is 1.00 bits per heavy atom. The van der Waals surface area contributed by atoms with Crippen LogP contribution in [0.4, 0.5) is 17.1 Å². The number of furan rings is 1. The maximum atomic E-state index is 6.39. The van der Waals surface area contributed by atoms with Crippen molar-refractivity contribution in [1.29, 1.82) is 0 Å². The van der Waals surface area contributed by atoms with Crippen LogP contribution in [-0.2, 0) is 0 Å². The van der Waals surface area contributed by atoms with Gasteiger partial charge in [0.15, 0.2) is 0 Å². The van der Waals surface area contributed by atoms with Crippen molar-refractivity contribution >= 4 is 71.6 Å². The molecule has 0 unspecified atom stereocenters. The van der Waals surface area contributed by atoms with Gasteiger partial charge >= 0.3 is 0 Å². The highest BCUT2D eigenvalue weighted by molar-refractivity contribution is 6.14. The molecule has 2 heterocycles. The number of anilines is 3. The van der Waals surface area contributed by atoms with Gasteiger partial charge in [-0.05, 0) is 99.8 Å². The third kappa shape index (κ3) is 5.13. The van der Waals surface area contributed by atoms with Crippen molar-refractivity contribution in [2.24, 2.45) is 0 Å². The van der Waals surface area contributed by atoms with E-state index in [4.69, 9.17) is 4.42 Å². The van der Waals surface area contributed by atoms with Gasteiger partial charge in [0.1, 0.15) is 11.2 Å². The van der Waals surface area contributed by atoms with E-state index in [0.717, 1.165) is 55.8 Å². The third-order valence-electron chi connectivity index (χ3n) is 11.0. The van der Waals surface area contributed by atoms with Crippen molar-refractivity contribution in [3.05, 3.63) is 206 Å². The van der Waals surface area contributed by atoms with Crippen LogP contribution in [-0.4, -0.2) is 4.57 Å². The van der Waals surface area contributed by atoms with Gasteiger partial charge in [0.05, 0.1) is 22.1 Å². The summed E-state index contributed by atoms with van der Waals surface area (Å²) in [6, 6.07) is 74.0. The molecule has 3 nitrogen and oxygen atoms in total. The van der Waals surface area contributed by atoms with Gasteiger partial charge in [0.2, 0.25) is 0 Å². The van der Waals surface area contributed by atoms with Crippen LogP contribution in [0.15, 0.2) is 211 Å². The molecule has 258 valence electrons. The van der Waals surface area contributed by atoms with Gasteiger partial charge in [-0.1, -0.05) is 140 Å². The largest absolute Gasteiger partial charge is 0.456 e. The van der Waals surface area contributed by atoms with E-state index in [-0.39, 0.29) is 0 Å².